The van der Waals surface area contributed by atoms with Gasteiger partial charge in [0.15, 0.2) is 0 Å². The number of allylic oxidation sites excluding steroid dienone is 1. The molecule has 0 saturated heterocycles. The number of nitrogens with zero attached hydrogens (tertiary/aromatic N) is 1. The highest BCUT2D eigenvalue weighted by Crippen LogP contribution is 2.26. The zero-order valence-electron chi connectivity index (χ0n) is 12.0. The molecule has 1 nitrogen and oxygen atoms in total. The van der Waals surface area contributed by atoms with E-state index < -0.39 is 0 Å². The standard InChI is InChI=1S/C15H29N/c1-7-9-13(5)14(6)10-15(12(3)4)11-16-8-2/h8,11-14H,7,9-10H2,1-6H3/b15-11+,16-8?. The van der Waals surface area contributed by atoms with E-state index in [-0.39, 0.29) is 0 Å². The SMILES string of the molecule is CC=N/C=C(\CC(C)C(C)CCC)C(C)C. The molecule has 0 aliphatic heterocycles. The van der Waals surface area contributed by atoms with Gasteiger partial charge in [0.05, 0.1) is 0 Å². The smallest absolute Gasteiger partial charge is 0.0258 e. The minimum atomic E-state index is 0.611. The molecule has 0 N–H and O–H groups in total. The highest BCUT2D eigenvalue weighted by Gasteiger charge is 2.14. The van der Waals surface area contributed by atoms with Crippen molar-refractivity contribution in [1.82, 2.24) is 0 Å². The lowest BCUT2D eigenvalue weighted by Gasteiger charge is -2.22. The van der Waals surface area contributed by atoms with E-state index in [0.29, 0.717) is 5.92 Å². The van der Waals surface area contributed by atoms with Gasteiger partial charge in [0.2, 0.25) is 0 Å². The first-order chi connectivity index (χ1) is 7.52. The second-order valence-electron chi connectivity index (χ2n) is 5.21. The molecule has 0 aliphatic carbocycles. The zero-order chi connectivity index (χ0) is 12.6. The van der Waals surface area contributed by atoms with E-state index in [9.17, 15) is 0 Å². The van der Waals surface area contributed by atoms with Crippen molar-refractivity contribution in [2.24, 2.45) is 22.7 Å². The van der Waals surface area contributed by atoms with Crippen molar-refractivity contribution in [3.8, 4) is 0 Å². The Bertz CT molecular complexity index is 226. The van der Waals surface area contributed by atoms with Crippen LogP contribution in [0.1, 0.15) is 60.8 Å². The molecule has 16 heavy (non-hydrogen) atoms. The van der Waals surface area contributed by atoms with E-state index in [4.69, 9.17) is 0 Å². The van der Waals surface area contributed by atoms with E-state index >= 15 is 0 Å². The Labute approximate surface area is 102 Å². The van der Waals surface area contributed by atoms with Gasteiger partial charge >= 0.3 is 0 Å². The van der Waals surface area contributed by atoms with Gasteiger partial charge < -0.3 is 0 Å². The summed E-state index contributed by atoms with van der Waals surface area (Å²) in [6.07, 6.45) is 7.74. The molecule has 0 fully saturated rings. The molecule has 1 heteroatoms. The van der Waals surface area contributed by atoms with Crippen molar-refractivity contribution < 1.29 is 0 Å². The summed E-state index contributed by atoms with van der Waals surface area (Å²) in [5.41, 5.74) is 1.48. The van der Waals surface area contributed by atoms with E-state index in [1.807, 2.05) is 13.1 Å². The van der Waals surface area contributed by atoms with Crippen LogP contribution >= 0.6 is 0 Å². The Balaban J connectivity index is 4.39. The van der Waals surface area contributed by atoms with Gasteiger partial charge in [-0.3, -0.25) is 4.99 Å². The second kappa shape index (κ2) is 8.55. The van der Waals surface area contributed by atoms with Crippen LogP contribution in [0.15, 0.2) is 16.8 Å². The van der Waals surface area contributed by atoms with Gasteiger partial charge in [0.1, 0.15) is 0 Å². The van der Waals surface area contributed by atoms with Crippen LogP contribution in [0.25, 0.3) is 0 Å². The molecular weight excluding hydrogens is 194 g/mol. The van der Waals surface area contributed by atoms with E-state index in [1.165, 1.54) is 24.8 Å². The number of hydrogen-bond donors (Lipinski definition) is 0. The third-order valence-corrected chi connectivity index (χ3v) is 3.40. The molecule has 0 bridgehead atoms. The van der Waals surface area contributed by atoms with Crippen LogP contribution < -0.4 is 0 Å². The largest absolute Gasteiger partial charge is 0.269 e. The van der Waals surface area contributed by atoms with Crippen molar-refractivity contribution in [2.75, 3.05) is 0 Å². The summed E-state index contributed by atoms with van der Waals surface area (Å²) < 4.78 is 0. The van der Waals surface area contributed by atoms with Gasteiger partial charge in [-0.2, -0.15) is 0 Å². The van der Waals surface area contributed by atoms with Crippen LogP contribution in [0, 0.1) is 17.8 Å². The molecule has 0 radical (unpaired) electrons. The molecule has 0 rings (SSSR count). The van der Waals surface area contributed by atoms with Crippen LogP contribution in [0.4, 0.5) is 0 Å². The highest BCUT2D eigenvalue weighted by atomic mass is 14.7. The maximum absolute atomic E-state index is 4.26. The van der Waals surface area contributed by atoms with Gasteiger partial charge in [0.25, 0.3) is 0 Å². The van der Waals surface area contributed by atoms with Crippen LogP contribution in [-0.2, 0) is 0 Å². The van der Waals surface area contributed by atoms with Gasteiger partial charge in [-0.1, -0.05) is 47.5 Å². The summed E-state index contributed by atoms with van der Waals surface area (Å²) in [5, 5.41) is 0. The van der Waals surface area contributed by atoms with Crippen LogP contribution in [0.5, 0.6) is 0 Å². The summed E-state index contributed by atoms with van der Waals surface area (Å²) in [5.74, 6) is 2.19. The quantitative estimate of drug-likeness (QED) is 0.534. The fourth-order valence-corrected chi connectivity index (χ4v) is 1.92. The van der Waals surface area contributed by atoms with Crippen molar-refractivity contribution in [3.63, 3.8) is 0 Å². The van der Waals surface area contributed by atoms with Crippen LogP contribution in [0.3, 0.4) is 0 Å². The fourth-order valence-electron chi connectivity index (χ4n) is 1.92. The zero-order valence-corrected chi connectivity index (χ0v) is 12.0. The first-order valence-corrected chi connectivity index (χ1v) is 6.69. The van der Waals surface area contributed by atoms with Gasteiger partial charge in [-0.05, 0) is 36.7 Å². The van der Waals surface area contributed by atoms with Gasteiger partial charge in [-0.15, -0.1) is 0 Å². The van der Waals surface area contributed by atoms with E-state index in [0.717, 1.165) is 11.8 Å². The molecule has 2 atom stereocenters. The highest BCUT2D eigenvalue weighted by molar-refractivity contribution is 5.54. The molecule has 0 aromatic rings. The molecular formula is C15H29N. The molecule has 0 spiro atoms. The average Bonchev–Trinajstić information content (AvgIpc) is 2.23. The Morgan fingerprint density at radius 3 is 2.19 bits per heavy atom. The predicted octanol–water partition coefficient (Wildman–Crippen LogP) is 5.08. The molecule has 0 aromatic heterocycles. The fraction of sp³-hybridized carbons (Fsp3) is 0.800. The summed E-state index contributed by atoms with van der Waals surface area (Å²) in [6, 6.07) is 0. The average molecular weight is 223 g/mol. The second-order valence-corrected chi connectivity index (χ2v) is 5.21. The lowest BCUT2D eigenvalue weighted by atomic mass is 9.84. The van der Waals surface area contributed by atoms with Crippen LogP contribution in [-0.4, -0.2) is 6.21 Å². The van der Waals surface area contributed by atoms with Gasteiger partial charge in [-0.25, -0.2) is 0 Å². The minimum absolute atomic E-state index is 0.611. The molecule has 0 aromatic carbocycles. The van der Waals surface area contributed by atoms with Crippen LogP contribution in [0.2, 0.25) is 0 Å². The van der Waals surface area contributed by atoms with E-state index in [1.54, 1.807) is 0 Å². The van der Waals surface area contributed by atoms with Crippen molar-refractivity contribution in [2.45, 2.75) is 60.8 Å². The summed E-state index contributed by atoms with van der Waals surface area (Å²) in [4.78, 5) is 4.26. The Morgan fingerprint density at radius 2 is 1.75 bits per heavy atom. The van der Waals surface area contributed by atoms with Crippen molar-refractivity contribution >= 4 is 6.21 Å². The van der Waals surface area contributed by atoms with Crippen molar-refractivity contribution in [3.05, 3.63) is 11.8 Å². The Kier molecular flexibility index (Phi) is 8.23. The first kappa shape index (κ1) is 15.4. The number of hydrogen-bond acceptors (Lipinski definition) is 1. The Morgan fingerprint density at radius 1 is 1.12 bits per heavy atom. The normalized spacial score (nSPS) is 17.1. The summed E-state index contributed by atoms with van der Waals surface area (Å²) >= 11 is 0. The number of aliphatic imine (C=N–C) groups is 1. The van der Waals surface area contributed by atoms with Crippen molar-refractivity contribution in [1.29, 1.82) is 0 Å². The predicted molar refractivity (Wildman–Crippen MR) is 74.9 cm³/mol. The maximum Gasteiger partial charge on any atom is 0.0258 e. The summed E-state index contributed by atoms with van der Waals surface area (Å²) in [6.45, 7) is 13.5. The topological polar surface area (TPSA) is 12.4 Å². The first-order valence-electron chi connectivity index (χ1n) is 6.69. The lowest BCUT2D eigenvalue weighted by molar-refractivity contribution is 0.351. The minimum Gasteiger partial charge on any atom is -0.269 e. The monoisotopic (exact) mass is 223 g/mol. The molecule has 94 valence electrons. The molecule has 0 aliphatic rings. The molecule has 2 unspecified atom stereocenters. The molecule has 0 saturated carbocycles. The van der Waals surface area contributed by atoms with Gasteiger partial charge in [0, 0.05) is 12.4 Å². The maximum atomic E-state index is 4.26. The number of rotatable bonds is 7. The summed E-state index contributed by atoms with van der Waals surface area (Å²) in [7, 11) is 0. The third-order valence-electron chi connectivity index (χ3n) is 3.40. The lowest BCUT2D eigenvalue weighted by Crippen LogP contribution is -2.10. The third kappa shape index (κ3) is 6.09. The molecule has 0 amide bonds. The molecule has 0 heterocycles. The Hall–Kier alpha value is -0.590. The van der Waals surface area contributed by atoms with E-state index in [2.05, 4.69) is 45.8 Å².